The topological polar surface area (TPSA) is 81.0 Å². The van der Waals surface area contributed by atoms with Crippen LogP contribution in [0.3, 0.4) is 0 Å². The average molecular weight is 361 g/mol. The van der Waals surface area contributed by atoms with Crippen LogP contribution in [0.4, 0.5) is 10.5 Å². The van der Waals surface area contributed by atoms with Gasteiger partial charge in [0.15, 0.2) is 0 Å². The second-order valence-electron chi connectivity index (χ2n) is 7.32. The van der Waals surface area contributed by atoms with Crippen molar-refractivity contribution in [2.45, 2.75) is 31.3 Å². The number of hydrogen-bond donors (Lipinski definition) is 2. The minimum absolute atomic E-state index is 0.117. The molecule has 2 unspecified atom stereocenters. The Morgan fingerprint density at radius 3 is 2.85 bits per heavy atom. The Kier molecular flexibility index (Phi) is 5.03. The molecule has 1 aromatic carbocycles. The summed E-state index contributed by atoms with van der Waals surface area (Å²) in [5.74, 6) is 0.507. The van der Waals surface area contributed by atoms with Gasteiger partial charge < -0.3 is 10.6 Å². The molecule has 6 heteroatoms. The fourth-order valence-corrected chi connectivity index (χ4v) is 4.37. The monoisotopic (exact) mass is 361 g/mol. The van der Waals surface area contributed by atoms with E-state index >= 15 is 0 Å². The van der Waals surface area contributed by atoms with Crippen molar-refractivity contribution in [1.82, 2.24) is 15.2 Å². The third-order valence-electron chi connectivity index (χ3n) is 5.68. The molecule has 0 spiro atoms. The summed E-state index contributed by atoms with van der Waals surface area (Å²) in [4.78, 5) is 19.3. The number of aromatic nitrogens is 1. The zero-order valence-electron chi connectivity index (χ0n) is 15.1. The number of urea groups is 1. The lowest BCUT2D eigenvalue weighted by molar-refractivity contribution is 0.0184. The van der Waals surface area contributed by atoms with Crippen LogP contribution >= 0.6 is 0 Å². The van der Waals surface area contributed by atoms with Gasteiger partial charge in [0, 0.05) is 30.2 Å². The van der Waals surface area contributed by atoms with Crippen LogP contribution in [-0.4, -0.2) is 41.1 Å². The van der Waals surface area contributed by atoms with E-state index in [1.807, 2.05) is 12.3 Å². The normalized spacial score (nSPS) is 26.2. The van der Waals surface area contributed by atoms with Crippen molar-refractivity contribution in [2.75, 3.05) is 18.4 Å². The van der Waals surface area contributed by atoms with Crippen LogP contribution in [0.25, 0.3) is 0 Å². The van der Waals surface area contributed by atoms with Crippen LogP contribution in [0, 0.1) is 17.2 Å². The van der Waals surface area contributed by atoms with E-state index in [4.69, 9.17) is 5.26 Å². The number of piperidine rings is 3. The Morgan fingerprint density at radius 1 is 1.26 bits per heavy atom. The van der Waals surface area contributed by atoms with E-state index in [0.717, 1.165) is 32.4 Å². The fourth-order valence-electron chi connectivity index (χ4n) is 4.37. The lowest BCUT2D eigenvalue weighted by Gasteiger charge is -2.51. The molecule has 27 heavy (non-hydrogen) atoms. The lowest BCUT2D eigenvalue weighted by Crippen LogP contribution is -2.64. The second-order valence-corrected chi connectivity index (χ2v) is 7.32. The van der Waals surface area contributed by atoms with E-state index in [1.54, 1.807) is 30.5 Å². The Morgan fingerprint density at radius 2 is 2.11 bits per heavy atom. The highest BCUT2D eigenvalue weighted by Crippen LogP contribution is 2.34. The zero-order valence-corrected chi connectivity index (χ0v) is 15.1. The molecule has 0 aliphatic carbocycles. The predicted molar refractivity (Wildman–Crippen MR) is 103 cm³/mol. The maximum atomic E-state index is 12.6. The number of anilines is 1. The summed E-state index contributed by atoms with van der Waals surface area (Å²) in [7, 11) is 0. The van der Waals surface area contributed by atoms with Crippen molar-refractivity contribution in [3.8, 4) is 6.07 Å². The van der Waals surface area contributed by atoms with Crippen molar-refractivity contribution in [2.24, 2.45) is 5.92 Å². The molecule has 3 fully saturated rings. The molecule has 0 radical (unpaired) electrons. The smallest absolute Gasteiger partial charge is 0.319 e. The van der Waals surface area contributed by atoms with Crippen LogP contribution in [0.2, 0.25) is 0 Å². The number of nitriles is 1. The van der Waals surface area contributed by atoms with E-state index in [9.17, 15) is 4.79 Å². The zero-order chi connectivity index (χ0) is 18.6. The highest BCUT2D eigenvalue weighted by atomic mass is 16.2. The maximum Gasteiger partial charge on any atom is 0.319 e. The summed E-state index contributed by atoms with van der Waals surface area (Å²) in [6.07, 6.45) is 6.83. The molecule has 2 aromatic rings. The lowest BCUT2D eigenvalue weighted by atomic mass is 9.77. The minimum atomic E-state index is -0.208. The highest BCUT2D eigenvalue weighted by molar-refractivity contribution is 5.89. The Bertz CT molecular complexity index is 839. The first-order chi connectivity index (χ1) is 13.2. The highest BCUT2D eigenvalue weighted by Gasteiger charge is 2.42. The number of rotatable bonds is 4. The van der Waals surface area contributed by atoms with Gasteiger partial charge in [-0.15, -0.1) is 0 Å². The molecule has 2 atom stereocenters. The second kappa shape index (κ2) is 7.77. The summed E-state index contributed by atoms with van der Waals surface area (Å²) in [6.45, 7) is 2.19. The minimum Gasteiger partial charge on any atom is -0.333 e. The number of fused-ring (bicyclic) bond motifs is 3. The number of amides is 2. The van der Waals surface area contributed by atoms with Gasteiger partial charge in [-0.1, -0.05) is 12.1 Å². The first-order valence-corrected chi connectivity index (χ1v) is 9.43. The van der Waals surface area contributed by atoms with E-state index in [1.165, 1.54) is 5.56 Å². The van der Waals surface area contributed by atoms with Gasteiger partial charge in [0.2, 0.25) is 0 Å². The number of carbonyl (C=O) groups is 1. The number of pyridine rings is 1. The molecule has 2 bridgehead atoms. The first-order valence-electron chi connectivity index (χ1n) is 9.43. The molecule has 1 aromatic heterocycles. The molecular weight excluding hydrogens is 338 g/mol. The molecular formula is C21H23N5O. The third-order valence-corrected chi connectivity index (χ3v) is 5.68. The Labute approximate surface area is 159 Å². The maximum absolute atomic E-state index is 12.6. The van der Waals surface area contributed by atoms with Crippen molar-refractivity contribution in [1.29, 1.82) is 5.26 Å². The number of benzene rings is 1. The first kappa shape index (κ1) is 17.5. The Hall–Kier alpha value is -2.91. The van der Waals surface area contributed by atoms with Crippen molar-refractivity contribution >= 4 is 11.7 Å². The molecule has 5 rings (SSSR count). The largest absolute Gasteiger partial charge is 0.333 e. The number of nitrogens with one attached hydrogen (secondary N) is 2. The van der Waals surface area contributed by atoms with Gasteiger partial charge in [0.05, 0.1) is 11.6 Å². The SMILES string of the molecule is N#Cc1cccc(NC(=O)NC2C3CCN(CC3)C2Cc2cccnc2)c1. The molecule has 138 valence electrons. The molecule has 6 nitrogen and oxygen atoms in total. The van der Waals surface area contributed by atoms with Crippen molar-refractivity contribution in [3.05, 3.63) is 59.9 Å². The van der Waals surface area contributed by atoms with Crippen LogP contribution in [-0.2, 0) is 6.42 Å². The number of hydrogen-bond acceptors (Lipinski definition) is 4. The summed E-state index contributed by atoms with van der Waals surface area (Å²) in [5, 5.41) is 15.1. The van der Waals surface area contributed by atoms with Crippen molar-refractivity contribution < 1.29 is 4.79 Å². The van der Waals surface area contributed by atoms with Gasteiger partial charge >= 0.3 is 6.03 Å². The van der Waals surface area contributed by atoms with Crippen LogP contribution in [0.15, 0.2) is 48.8 Å². The summed E-state index contributed by atoms with van der Waals surface area (Å²) in [5.41, 5.74) is 2.37. The van der Waals surface area contributed by atoms with E-state index < -0.39 is 0 Å². The van der Waals surface area contributed by atoms with Gasteiger partial charge in [-0.05, 0) is 68.1 Å². The molecule has 2 amide bonds. The molecule has 3 aliphatic heterocycles. The van der Waals surface area contributed by atoms with Crippen molar-refractivity contribution in [3.63, 3.8) is 0 Å². The predicted octanol–water partition coefficient (Wildman–Crippen LogP) is 2.78. The molecule has 2 N–H and O–H groups in total. The fraction of sp³-hybridized carbons (Fsp3) is 0.381. The third kappa shape index (κ3) is 3.93. The average Bonchev–Trinajstić information content (AvgIpc) is 2.71. The van der Waals surface area contributed by atoms with Gasteiger partial charge in [-0.25, -0.2) is 4.79 Å². The van der Waals surface area contributed by atoms with Gasteiger partial charge in [-0.3, -0.25) is 9.88 Å². The summed E-state index contributed by atoms with van der Waals surface area (Å²) >= 11 is 0. The molecule has 4 heterocycles. The van der Waals surface area contributed by atoms with Gasteiger partial charge in [0.25, 0.3) is 0 Å². The van der Waals surface area contributed by atoms with E-state index in [2.05, 4.69) is 32.7 Å². The van der Waals surface area contributed by atoms with Crippen LogP contribution < -0.4 is 10.6 Å². The van der Waals surface area contributed by atoms with Crippen LogP contribution in [0.1, 0.15) is 24.0 Å². The number of carbonyl (C=O) groups excluding carboxylic acids is 1. The van der Waals surface area contributed by atoms with Crippen LogP contribution in [0.5, 0.6) is 0 Å². The van der Waals surface area contributed by atoms with Gasteiger partial charge in [-0.2, -0.15) is 5.26 Å². The molecule has 3 aliphatic rings. The summed E-state index contributed by atoms with van der Waals surface area (Å²) < 4.78 is 0. The quantitative estimate of drug-likeness (QED) is 0.877. The number of nitrogens with zero attached hydrogens (tertiary/aromatic N) is 3. The Balaban J connectivity index is 1.46. The van der Waals surface area contributed by atoms with E-state index in [0.29, 0.717) is 17.2 Å². The van der Waals surface area contributed by atoms with E-state index in [-0.39, 0.29) is 18.1 Å². The standard InChI is InChI=1S/C21H23N5O/c22-13-15-3-1-5-18(11-15)24-21(27)25-20-17-6-9-26(10-7-17)19(20)12-16-4-2-8-23-14-16/h1-5,8,11,14,17,19-20H,6-7,9-10,12H2,(H2,24,25,27). The summed E-state index contributed by atoms with van der Waals surface area (Å²) in [6, 6.07) is 13.3. The molecule has 3 saturated heterocycles. The van der Waals surface area contributed by atoms with Gasteiger partial charge in [0.1, 0.15) is 0 Å². The molecule has 0 saturated carbocycles.